The Bertz CT molecular complexity index is 665. The first-order chi connectivity index (χ1) is 10.0. The number of carbonyl (C=O) groups is 2. The van der Waals surface area contributed by atoms with Crippen molar-refractivity contribution in [3.63, 3.8) is 0 Å². The van der Waals surface area contributed by atoms with Crippen molar-refractivity contribution < 1.29 is 14.0 Å². The Hall–Kier alpha value is -2.50. The quantitative estimate of drug-likeness (QED) is 0.784. The summed E-state index contributed by atoms with van der Waals surface area (Å²) in [5, 5.41) is 0. The Morgan fingerprint density at radius 1 is 1.43 bits per heavy atom. The molecule has 1 aromatic carbocycles. The first kappa shape index (κ1) is 14.9. The summed E-state index contributed by atoms with van der Waals surface area (Å²) in [5.41, 5.74) is 1.68. The molecule has 0 radical (unpaired) electrons. The van der Waals surface area contributed by atoms with Crippen LogP contribution in [-0.2, 0) is 17.8 Å². The maximum absolute atomic E-state index is 13.4. The lowest BCUT2D eigenvalue weighted by Crippen LogP contribution is -2.23. The van der Waals surface area contributed by atoms with E-state index >= 15 is 0 Å². The van der Waals surface area contributed by atoms with E-state index in [1.165, 1.54) is 17.0 Å². The van der Waals surface area contributed by atoms with Crippen molar-refractivity contribution in [1.82, 2.24) is 14.5 Å². The van der Waals surface area contributed by atoms with E-state index in [4.69, 9.17) is 0 Å². The van der Waals surface area contributed by atoms with E-state index in [9.17, 15) is 14.0 Å². The molecule has 0 aliphatic rings. The minimum atomic E-state index is -0.448. The number of imidazole rings is 1. The number of halogens is 1. The Labute approximate surface area is 122 Å². The fraction of sp³-hybridized carbons (Fsp3) is 0.267. The molecule has 0 bridgehead atoms. The second kappa shape index (κ2) is 6.30. The summed E-state index contributed by atoms with van der Waals surface area (Å²) in [6.45, 7) is 0.390. The van der Waals surface area contributed by atoms with Crippen LogP contribution in [0.15, 0.2) is 30.7 Å². The zero-order valence-electron chi connectivity index (χ0n) is 11.9. The zero-order chi connectivity index (χ0) is 15.4. The molecule has 21 heavy (non-hydrogen) atoms. The topological polar surface area (TPSA) is 55.2 Å². The van der Waals surface area contributed by atoms with Crippen LogP contribution in [0.4, 0.5) is 4.39 Å². The van der Waals surface area contributed by atoms with Gasteiger partial charge in [-0.15, -0.1) is 0 Å². The average molecular weight is 289 g/mol. The molecule has 1 amide bonds. The van der Waals surface area contributed by atoms with Gasteiger partial charge >= 0.3 is 0 Å². The molecule has 0 unspecified atom stereocenters. The fourth-order valence-electron chi connectivity index (χ4n) is 2.01. The van der Waals surface area contributed by atoms with Gasteiger partial charge in [0, 0.05) is 38.8 Å². The molecular formula is C15H16FN3O2. The van der Waals surface area contributed by atoms with Crippen LogP contribution in [0.3, 0.4) is 0 Å². The predicted octanol–water partition coefficient (Wildman–Crippen LogP) is 1.51. The highest BCUT2D eigenvalue weighted by Crippen LogP contribution is 2.15. The molecular weight excluding hydrogens is 273 g/mol. The molecule has 6 heteroatoms. The van der Waals surface area contributed by atoms with Gasteiger partial charge in [-0.05, 0) is 17.7 Å². The lowest BCUT2D eigenvalue weighted by Gasteiger charge is -2.14. The van der Waals surface area contributed by atoms with E-state index in [0.29, 0.717) is 23.4 Å². The average Bonchev–Trinajstić information content (AvgIpc) is 2.87. The summed E-state index contributed by atoms with van der Waals surface area (Å²) < 4.78 is 15.1. The van der Waals surface area contributed by atoms with E-state index in [1.807, 2.05) is 0 Å². The number of hydrogen-bond donors (Lipinski definition) is 0. The van der Waals surface area contributed by atoms with Crippen LogP contribution < -0.4 is 0 Å². The maximum Gasteiger partial charge on any atom is 0.253 e. The summed E-state index contributed by atoms with van der Waals surface area (Å²) in [7, 11) is 3.24. The lowest BCUT2D eigenvalue weighted by molar-refractivity contribution is -0.107. The van der Waals surface area contributed by atoms with Gasteiger partial charge in [0.25, 0.3) is 5.91 Å². The smallest absolute Gasteiger partial charge is 0.253 e. The molecule has 0 aliphatic heterocycles. The maximum atomic E-state index is 13.4. The van der Waals surface area contributed by atoms with Gasteiger partial charge in [0.15, 0.2) is 0 Å². The lowest BCUT2D eigenvalue weighted by atomic mass is 10.1. The Morgan fingerprint density at radius 3 is 2.86 bits per heavy atom. The van der Waals surface area contributed by atoms with E-state index in [1.54, 1.807) is 37.3 Å². The van der Waals surface area contributed by atoms with Crippen molar-refractivity contribution in [1.29, 1.82) is 0 Å². The number of rotatable bonds is 5. The normalized spacial score (nSPS) is 10.4. The number of aldehydes is 1. The summed E-state index contributed by atoms with van der Waals surface area (Å²) in [6.07, 6.45) is 4.36. The second-order valence-electron chi connectivity index (χ2n) is 4.91. The minimum Gasteiger partial charge on any atom is -0.345 e. The predicted molar refractivity (Wildman–Crippen MR) is 75.5 cm³/mol. The van der Waals surface area contributed by atoms with Gasteiger partial charge in [0.2, 0.25) is 0 Å². The first-order valence-corrected chi connectivity index (χ1v) is 6.45. The third kappa shape index (κ3) is 3.53. The summed E-state index contributed by atoms with van der Waals surface area (Å²) >= 11 is 0. The van der Waals surface area contributed by atoms with E-state index in [0.717, 1.165) is 6.29 Å². The number of aromatic nitrogens is 2. The van der Waals surface area contributed by atoms with E-state index in [2.05, 4.69) is 4.98 Å². The highest BCUT2D eigenvalue weighted by Gasteiger charge is 2.15. The Morgan fingerprint density at radius 2 is 2.19 bits per heavy atom. The van der Waals surface area contributed by atoms with Crippen molar-refractivity contribution in [2.75, 3.05) is 14.1 Å². The van der Waals surface area contributed by atoms with Gasteiger partial charge in [0.1, 0.15) is 12.1 Å². The molecule has 0 spiro atoms. The first-order valence-electron chi connectivity index (χ1n) is 6.45. The van der Waals surface area contributed by atoms with Crippen molar-refractivity contribution in [3.05, 3.63) is 53.4 Å². The summed E-state index contributed by atoms with van der Waals surface area (Å²) in [4.78, 5) is 28.1. The molecule has 0 saturated carbocycles. The highest BCUT2D eigenvalue weighted by atomic mass is 19.1. The van der Waals surface area contributed by atoms with Crippen molar-refractivity contribution in [3.8, 4) is 0 Å². The largest absolute Gasteiger partial charge is 0.345 e. The van der Waals surface area contributed by atoms with Crippen LogP contribution in [0.25, 0.3) is 0 Å². The van der Waals surface area contributed by atoms with Crippen LogP contribution in [0, 0.1) is 5.82 Å². The molecule has 0 aliphatic carbocycles. The molecule has 0 saturated heterocycles. The molecule has 1 aromatic heterocycles. The number of amides is 1. The Kier molecular flexibility index (Phi) is 4.47. The van der Waals surface area contributed by atoms with E-state index < -0.39 is 5.82 Å². The van der Waals surface area contributed by atoms with Crippen molar-refractivity contribution >= 4 is 12.2 Å². The third-order valence-corrected chi connectivity index (χ3v) is 3.04. The zero-order valence-corrected chi connectivity index (χ0v) is 11.9. The standard InChI is InChI=1S/C15H16FN3O2/c1-18(2)15(21)14-7-12(16)4-3-11(14)8-19-9-13(5-6-20)17-10-19/h3-4,6-7,9-10H,5,8H2,1-2H3. The van der Waals surface area contributed by atoms with Crippen LogP contribution in [0.5, 0.6) is 0 Å². The summed E-state index contributed by atoms with van der Waals surface area (Å²) in [5.74, 6) is -0.700. The molecule has 0 atom stereocenters. The molecule has 0 N–H and O–H groups in total. The van der Waals surface area contributed by atoms with E-state index in [-0.39, 0.29) is 12.3 Å². The number of carbonyl (C=O) groups excluding carboxylic acids is 2. The molecule has 2 aromatic rings. The van der Waals surface area contributed by atoms with Crippen molar-refractivity contribution in [2.24, 2.45) is 0 Å². The summed E-state index contributed by atoms with van der Waals surface area (Å²) in [6, 6.07) is 4.15. The van der Waals surface area contributed by atoms with Crippen LogP contribution in [-0.4, -0.2) is 40.7 Å². The van der Waals surface area contributed by atoms with Crippen LogP contribution in [0.1, 0.15) is 21.6 Å². The fourth-order valence-corrected chi connectivity index (χ4v) is 2.01. The van der Waals surface area contributed by atoms with Gasteiger partial charge in [-0.2, -0.15) is 0 Å². The molecule has 2 rings (SSSR count). The Balaban J connectivity index is 2.30. The third-order valence-electron chi connectivity index (χ3n) is 3.04. The molecule has 1 heterocycles. The van der Waals surface area contributed by atoms with Gasteiger partial charge < -0.3 is 14.3 Å². The second-order valence-corrected chi connectivity index (χ2v) is 4.91. The van der Waals surface area contributed by atoms with Crippen molar-refractivity contribution in [2.45, 2.75) is 13.0 Å². The van der Waals surface area contributed by atoms with Gasteiger partial charge in [-0.1, -0.05) is 6.07 Å². The minimum absolute atomic E-state index is 0.250. The SMILES string of the molecule is CN(C)C(=O)c1cc(F)ccc1Cn1cnc(CC=O)c1. The number of nitrogens with zero attached hydrogens (tertiary/aromatic N) is 3. The monoisotopic (exact) mass is 289 g/mol. The van der Waals surface area contributed by atoms with Gasteiger partial charge in [-0.3, -0.25) is 4.79 Å². The highest BCUT2D eigenvalue weighted by molar-refractivity contribution is 5.95. The number of hydrogen-bond acceptors (Lipinski definition) is 3. The molecule has 0 fully saturated rings. The van der Waals surface area contributed by atoms with Crippen LogP contribution in [0.2, 0.25) is 0 Å². The van der Waals surface area contributed by atoms with Gasteiger partial charge in [0.05, 0.1) is 12.0 Å². The molecule has 5 nitrogen and oxygen atoms in total. The number of benzene rings is 1. The van der Waals surface area contributed by atoms with Gasteiger partial charge in [-0.25, -0.2) is 9.37 Å². The molecule has 110 valence electrons. The van der Waals surface area contributed by atoms with Crippen LogP contribution >= 0.6 is 0 Å².